The smallest absolute Gasteiger partial charge is 0.261 e. The third-order valence-corrected chi connectivity index (χ3v) is 9.25. The zero-order valence-electron chi connectivity index (χ0n) is 29.9. The number of methoxy groups -OCH3 is 1. The largest absolute Gasteiger partial charge is 0.493 e. The molecule has 2 aliphatic rings. The number of ether oxygens (including phenoxy) is 2. The van der Waals surface area contributed by atoms with Crippen molar-refractivity contribution < 1.29 is 33.4 Å². The molecule has 11 heteroatoms. The highest BCUT2D eigenvalue weighted by Crippen LogP contribution is 2.41. The Morgan fingerprint density at radius 1 is 0.980 bits per heavy atom. The van der Waals surface area contributed by atoms with E-state index in [9.17, 15) is 24.0 Å². The average molecular weight is 695 g/mol. The van der Waals surface area contributed by atoms with Crippen molar-refractivity contribution in [2.75, 3.05) is 17.3 Å². The van der Waals surface area contributed by atoms with Crippen molar-refractivity contribution in [2.45, 2.75) is 91.3 Å². The molecule has 0 spiro atoms. The molecule has 0 radical (unpaired) electrons. The number of anilines is 2. The maximum atomic E-state index is 13.8. The van der Waals surface area contributed by atoms with E-state index in [1.165, 1.54) is 14.0 Å². The highest BCUT2D eigenvalue weighted by molar-refractivity contribution is 6.14. The molecule has 11 nitrogen and oxygen atoms in total. The van der Waals surface area contributed by atoms with E-state index in [1.54, 1.807) is 30.9 Å². The van der Waals surface area contributed by atoms with Crippen LogP contribution in [-0.2, 0) is 38.6 Å². The summed E-state index contributed by atoms with van der Waals surface area (Å²) in [5, 5.41) is 5.64. The number of unbranched alkanes of at least 4 members (excludes halogenated alkanes) is 1. The molecule has 3 aromatic carbocycles. The monoisotopic (exact) mass is 694 g/mol. The first-order valence-electron chi connectivity index (χ1n) is 17.5. The Kier molecular flexibility index (Phi) is 12.0. The molecule has 2 N–H and O–H groups in total. The number of carbonyl (C=O) groups excluding carboxylic acids is 5. The van der Waals surface area contributed by atoms with Gasteiger partial charge in [0.2, 0.25) is 11.8 Å². The van der Waals surface area contributed by atoms with Gasteiger partial charge in [-0.3, -0.25) is 29.1 Å². The lowest BCUT2D eigenvalue weighted by atomic mass is 9.99. The molecule has 0 saturated carbocycles. The molecule has 2 unspecified atom stereocenters. The van der Waals surface area contributed by atoms with Crippen LogP contribution in [-0.4, -0.2) is 54.7 Å². The maximum absolute atomic E-state index is 13.8. The molecule has 3 amide bonds. The Morgan fingerprint density at radius 2 is 1.73 bits per heavy atom. The number of carbonyl (C=O) groups is 5. The number of benzene rings is 3. The van der Waals surface area contributed by atoms with E-state index in [-0.39, 0.29) is 54.8 Å². The van der Waals surface area contributed by atoms with Gasteiger partial charge in [0.25, 0.3) is 5.91 Å². The predicted molar refractivity (Wildman–Crippen MR) is 196 cm³/mol. The third kappa shape index (κ3) is 9.08. The van der Waals surface area contributed by atoms with Crippen molar-refractivity contribution in [1.82, 2.24) is 5.32 Å². The van der Waals surface area contributed by atoms with Gasteiger partial charge in [-0.25, -0.2) is 0 Å². The Hall–Kier alpha value is -5.32. The predicted octanol–water partition coefficient (Wildman–Crippen LogP) is 6.31. The minimum Gasteiger partial charge on any atom is -0.493 e. The van der Waals surface area contributed by atoms with Crippen molar-refractivity contribution in [1.29, 1.82) is 0 Å². The van der Waals surface area contributed by atoms with Gasteiger partial charge in [0, 0.05) is 55.3 Å². The zero-order chi connectivity index (χ0) is 36.7. The molecule has 0 aliphatic carbocycles. The van der Waals surface area contributed by atoms with Crippen molar-refractivity contribution in [3.63, 3.8) is 0 Å². The number of nitrogens with zero attached hydrogens (tertiary/aromatic N) is 2. The molecular formula is C40H46N4O7. The molecular weight excluding hydrogens is 648 g/mol. The van der Waals surface area contributed by atoms with E-state index in [1.807, 2.05) is 55.6 Å². The highest BCUT2D eigenvalue weighted by atomic mass is 16.5. The number of rotatable bonds is 16. The molecule has 3 aromatic rings. The zero-order valence-corrected chi connectivity index (χ0v) is 29.9. The summed E-state index contributed by atoms with van der Waals surface area (Å²) in [6.45, 7) is 6.98. The molecule has 2 aliphatic heterocycles. The van der Waals surface area contributed by atoms with Crippen LogP contribution in [0, 0.1) is 5.92 Å². The summed E-state index contributed by atoms with van der Waals surface area (Å²) in [7, 11) is 1.53. The minimum absolute atomic E-state index is 0.0326. The first-order valence-corrected chi connectivity index (χ1v) is 17.5. The number of aryl methyl sites for hydroxylation is 1. The van der Waals surface area contributed by atoms with Crippen molar-refractivity contribution >= 4 is 52.6 Å². The van der Waals surface area contributed by atoms with E-state index in [2.05, 4.69) is 15.6 Å². The number of Topliss-reactive ketones (excluding diaryl/α,β-unsaturated/α-hetero) is 2. The van der Waals surface area contributed by atoms with Gasteiger partial charge in [-0.1, -0.05) is 38.1 Å². The van der Waals surface area contributed by atoms with E-state index < -0.39 is 12.0 Å². The van der Waals surface area contributed by atoms with Crippen molar-refractivity contribution in [3.05, 3.63) is 76.9 Å². The summed E-state index contributed by atoms with van der Waals surface area (Å²) < 4.78 is 11.9. The van der Waals surface area contributed by atoms with Crippen molar-refractivity contribution in [3.8, 4) is 11.5 Å². The van der Waals surface area contributed by atoms with Gasteiger partial charge >= 0.3 is 0 Å². The number of hydrogen-bond acceptors (Lipinski definition) is 8. The van der Waals surface area contributed by atoms with Crippen molar-refractivity contribution in [2.24, 2.45) is 10.9 Å². The SMILES string of the molecule is CCc1cc(COc2cc3c(cc2OC)C(=O)N2c4ccccc4C[C@H]2C=N3)cc(NC(=O)C(C)CC(=O)C(C)NC(=O)CCCCC(C)=O)c1. The van der Waals surface area contributed by atoms with Crippen LogP contribution in [0.4, 0.5) is 17.1 Å². The first kappa shape index (κ1) is 36.9. The van der Waals surface area contributed by atoms with Gasteiger partial charge < -0.3 is 24.9 Å². The van der Waals surface area contributed by atoms with Gasteiger partial charge in [-0.15, -0.1) is 0 Å². The summed E-state index contributed by atoms with van der Waals surface area (Å²) in [5.41, 5.74) is 5.29. The summed E-state index contributed by atoms with van der Waals surface area (Å²) in [4.78, 5) is 69.5. The van der Waals surface area contributed by atoms with Gasteiger partial charge in [0.05, 0.1) is 30.4 Å². The fourth-order valence-corrected chi connectivity index (χ4v) is 6.36. The third-order valence-electron chi connectivity index (χ3n) is 9.25. The van der Waals surface area contributed by atoms with Crippen LogP contribution >= 0.6 is 0 Å². The number of hydrogen-bond donors (Lipinski definition) is 2. The quantitative estimate of drug-likeness (QED) is 0.167. The molecule has 0 saturated heterocycles. The van der Waals surface area contributed by atoms with Crippen LogP contribution in [0.25, 0.3) is 0 Å². The Balaban J connectivity index is 1.21. The standard InChI is InChI=1S/C40H46N4O7/c1-6-27-16-28(18-30(17-27)43-39(48)24(2)15-35(46)26(4)42-38(47)14-10-7-11-25(3)45)23-51-37-21-33-32(20-36(37)50-5)40(49)44-31(22-41-33)19-29-12-8-9-13-34(29)44/h8-9,12-13,16-18,20-22,24,26,31H,6-7,10-11,14-15,19,23H2,1-5H3,(H,42,47)(H,43,48)/t24?,26?,31-/m0/s1. The fourth-order valence-electron chi connectivity index (χ4n) is 6.36. The van der Waals surface area contributed by atoms with Crippen LogP contribution < -0.4 is 25.0 Å². The Labute approximate surface area is 298 Å². The van der Waals surface area contributed by atoms with E-state index in [0.717, 1.165) is 28.8 Å². The minimum atomic E-state index is -0.727. The molecule has 51 heavy (non-hydrogen) atoms. The maximum Gasteiger partial charge on any atom is 0.261 e. The number of nitrogens with one attached hydrogen (secondary N) is 2. The summed E-state index contributed by atoms with van der Waals surface area (Å²) in [5.74, 6) is -0.665. The summed E-state index contributed by atoms with van der Waals surface area (Å²) in [6, 6.07) is 16.1. The lowest BCUT2D eigenvalue weighted by molar-refractivity contribution is -0.129. The van der Waals surface area contributed by atoms with Gasteiger partial charge in [-0.05, 0) is 74.1 Å². The molecule has 268 valence electrons. The molecule has 3 atom stereocenters. The van der Waals surface area contributed by atoms with Crippen LogP contribution in [0.1, 0.15) is 86.8 Å². The van der Waals surface area contributed by atoms with E-state index in [0.29, 0.717) is 54.1 Å². The summed E-state index contributed by atoms with van der Waals surface area (Å²) >= 11 is 0. The second-order valence-electron chi connectivity index (χ2n) is 13.3. The fraction of sp³-hybridized carbons (Fsp3) is 0.400. The molecule has 2 heterocycles. The normalized spacial score (nSPS) is 15.5. The van der Waals surface area contributed by atoms with E-state index >= 15 is 0 Å². The lowest BCUT2D eigenvalue weighted by Crippen LogP contribution is -2.39. The number of ketones is 2. The first-order chi connectivity index (χ1) is 24.5. The average Bonchev–Trinajstić information content (AvgIpc) is 3.43. The second-order valence-corrected chi connectivity index (χ2v) is 13.3. The number of para-hydroxylation sites is 1. The number of amides is 3. The van der Waals surface area contributed by atoms with Crippen LogP contribution in [0.15, 0.2) is 59.6 Å². The molecule has 0 aromatic heterocycles. The number of fused-ring (bicyclic) bond motifs is 4. The molecule has 5 rings (SSSR count). The van der Waals surface area contributed by atoms with Gasteiger partial charge in [-0.2, -0.15) is 0 Å². The Morgan fingerprint density at radius 3 is 2.47 bits per heavy atom. The van der Waals surface area contributed by atoms with Crippen LogP contribution in [0.3, 0.4) is 0 Å². The summed E-state index contributed by atoms with van der Waals surface area (Å²) in [6.07, 6.45) is 5.07. The van der Waals surface area contributed by atoms with E-state index in [4.69, 9.17) is 9.47 Å². The molecule has 0 fully saturated rings. The topological polar surface area (TPSA) is 143 Å². The lowest BCUT2D eigenvalue weighted by Gasteiger charge is -2.22. The number of aliphatic imine (C=N–C) groups is 1. The van der Waals surface area contributed by atoms with Gasteiger partial charge in [0.1, 0.15) is 12.4 Å². The second kappa shape index (κ2) is 16.6. The highest BCUT2D eigenvalue weighted by Gasteiger charge is 2.36. The van der Waals surface area contributed by atoms with Gasteiger partial charge in [0.15, 0.2) is 17.3 Å². The van der Waals surface area contributed by atoms with Crippen LogP contribution in [0.5, 0.6) is 11.5 Å². The van der Waals surface area contributed by atoms with Crippen LogP contribution in [0.2, 0.25) is 0 Å². The Bertz CT molecular complexity index is 1850. The molecule has 0 bridgehead atoms.